The van der Waals surface area contributed by atoms with Crippen LogP contribution in [-0.2, 0) is 29.7 Å². The van der Waals surface area contributed by atoms with Crippen LogP contribution in [0, 0.1) is 11.6 Å². The highest BCUT2D eigenvalue weighted by Crippen LogP contribution is 2.39. The summed E-state index contributed by atoms with van der Waals surface area (Å²) in [6, 6.07) is 10.1. The quantitative estimate of drug-likeness (QED) is 0.452. The molecule has 1 atom stereocenters. The third kappa shape index (κ3) is 5.25. The zero-order chi connectivity index (χ0) is 27.7. The number of hydrogen-bond acceptors (Lipinski definition) is 5. The van der Waals surface area contributed by atoms with Crippen molar-refractivity contribution >= 4 is 11.9 Å². The minimum absolute atomic E-state index is 0.0293. The van der Waals surface area contributed by atoms with E-state index in [1.54, 1.807) is 19.2 Å². The van der Waals surface area contributed by atoms with E-state index in [9.17, 15) is 22.8 Å². The van der Waals surface area contributed by atoms with Gasteiger partial charge in [0, 0.05) is 42.3 Å². The molecule has 0 fully saturated rings. The largest absolute Gasteiger partial charge is 0.493 e. The molecule has 0 radical (unpaired) electrons. The summed E-state index contributed by atoms with van der Waals surface area (Å²) in [6.45, 7) is -0.276. The van der Waals surface area contributed by atoms with Gasteiger partial charge in [-0.25, -0.2) is 18.0 Å². The Bertz CT molecular complexity index is 1510. The molecule has 3 aromatic rings. The lowest BCUT2D eigenvalue weighted by Gasteiger charge is -2.25. The number of carbonyl (C=O) groups is 2. The SMILES string of the molecule is Cn1nc(C(=O)N(CCOC2=CC=C(C(=O)O)CC2F)Cc2ccccc2F)c2c1-c1cc(F)ccc1OC2. The van der Waals surface area contributed by atoms with Crippen molar-refractivity contribution in [3.63, 3.8) is 0 Å². The maximum Gasteiger partial charge on any atom is 0.331 e. The lowest BCUT2D eigenvalue weighted by Crippen LogP contribution is -2.35. The lowest BCUT2D eigenvalue weighted by molar-refractivity contribution is -0.133. The van der Waals surface area contributed by atoms with Gasteiger partial charge in [0.1, 0.15) is 36.4 Å². The molecule has 1 aliphatic carbocycles. The molecule has 2 heterocycles. The Balaban J connectivity index is 1.41. The molecule has 0 saturated carbocycles. The molecule has 0 saturated heterocycles. The van der Waals surface area contributed by atoms with Crippen molar-refractivity contribution in [1.29, 1.82) is 0 Å². The van der Waals surface area contributed by atoms with Crippen molar-refractivity contribution < 1.29 is 37.3 Å². The van der Waals surface area contributed by atoms with Crippen LogP contribution < -0.4 is 4.74 Å². The number of allylic oxidation sites excluding steroid dienone is 3. The minimum Gasteiger partial charge on any atom is -0.493 e. The maximum atomic E-state index is 14.5. The Morgan fingerprint density at radius 1 is 1.21 bits per heavy atom. The van der Waals surface area contributed by atoms with Crippen LogP contribution in [0.5, 0.6) is 5.75 Å². The van der Waals surface area contributed by atoms with E-state index in [1.807, 2.05) is 0 Å². The second-order valence-corrected chi connectivity index (χ2v) is 9.13. The van der Waals surface area contributed by atoms with E-state index < -0.39 is 29.7 Å². The summed E-state index contributed by atoms with van der Waals surface area (Å²) < 4.78 is 55.8. The first-order valence-corrected chi connectivity index (χ1v) is 12.1. The number of rotatable bonds is 8. The number of aromatic nitrogens is 2. The fourth-order valence-electron chi connectivity index (χ4n) is 4.63. The van der Waals surface area contributed by atoms with E-state index in [0.717, 1.165) is 0 Å². The van der Waals surface area contributed by atoms with Crippen molar-refractivity contribution in [2.75, 3.05) is 13.2 Å². The average Bonchev–Trinajstić information content (AvgIpc) is 3.26. The van der Waals surface area contributed by atoms with E-state index in [-0.39, 0.29) is 55.3 Å². The van der Waals surface area contributed by atoms with Gasteiger partial charge >= 0.3 is 5.97 Å². The van der Waals surface area contributed by atoms with Crippen molar-refractivity contribution in [3.05, 3.63) is 94.4 Å². The number of aliphatic carboxylic acids is 1. The van der Waals surface area contributed by atoms with Gasteiger partial charge in [-0.05, 0) is 36.4 Å². The number of benzene rings is 2. The molecule has 5 rings (SSSR count). The Labute approximate surface area is 221 Å². The molecule has 1 aliphatic heterocycles. The molecular formula is C28H24F3N3O5. The topological polar surface area (TPSA) is 93.9 Å². The van der Waals surface area contributed by atoms with Gasteiger partial charge in [-0.1, -0.05) is 18.2 Å². The number of carboxylic acids is 1. The minimum atomic E-state index is -1.64. The fourth-order valence-corrected chi connectivity index (χ4v) is 4.63. The number of carbonyl (C=O) groups excluding carboxylic acids is 1. The maximum absolute atomic E-state index is 14.5. The highest BCUT2D eigenvalue weighted by molar-refractivity contribution is 5.96. The molecule has 8 nitrogen and oxygen atoms in total. The van der Waals surface area contributed by atoms with Crippen LogP contribution in [0.4, 0.5) is 13.2 Å². The number of nitrogens with zero attached hydrogens (tertiary/aromatic N) is 3. The summed E-state index contributed by atoms with van der Waals surface area (Å²) in [4.78, 5) is 26.2. The molecule has 39 heavy (non-hydrogen) atoms. The van der Waals surface area contributed by atoms with Gasteiger partial charge < -0.3 is 19.5 Å². The molecular weight excluding hydrogens is 515 g/mol. The first-order chi connectivity index (χ1) is 18.7. The van der Waals surface area contributed by atoms with Gasteiger partial charge in [-0.2, -0.15) is 5.10 Å². The predicted molar refractivity (Wildman–Crippen MR) is 133 cm³/mol. The summed E-state index contributed by atoms with van der Waals surface area (Å²) in [5.41, 5.74) is 1.71. The van der Waals surface area contributed by atoms with Crippen LogP contribution in [0.1, 0.15) is 28.0 Å². The standard InChI is InChI=1S/C28H24F3N3O5/c1-33-26-19-13-18(29)7-9-23(19)39-15-20(26)25(32-33)27(35)34(14-17-4-2-3-5-21(17)30)10-11-38-24-8-6-16(28(36)37)12-22(24)31/h2-9,13,22H,10-12,14-15H2,1H3,(H,36,37). The lowest BCUT2D eigenvalue weighted by atomic mass is 10.0. The Hall–Kier alpha value is -4.54. The van der Waals surface area contributed by atoms with Crippen LogP contribution in [-0.4, -0.2) is 51.0 Å². The monoisotopic (exact) mass is 539 g/mol. The molecule has 2 aromatic carbocycles. The van der Waals surface area contributed by atoms with Gasteiger partial charge in [0.2, 0.25) is 0 Å². The van der Waals surface area contributed by atoms with E-state index in [1.165, 1.54) is 52.1 Å². The number of halogens is 3. The number of alkyl halides is 1. The van der Waals surface area contributed by atoms with Gasteiger partial charge in [-0.3, -0.25) is 9.48 Å². The number of hydrogen-bond donors (Lipinski definition) is 1. The first-order valence-electron chi connectivity index (χ1n) is 12.1. The predicted octanol–water partition coefficient (Wildman–Crippen LogP) is 4.55. The van der Waals surface area contributed by atoms with Gasteiger partial charge in [0.05, 0.1) is 12.2 Å². The molecule has 1 N–H and O–H groups in total. The van der Waals surface area contributed by atoms with Crippen LogP contribution in [0.25, 0.3) is 11.3 Å². The molecule has 0 bridgehead atoms. The van der Waals surface area contributed by atoms with Gasteiger partial charge in [0.25, 0.3) is 5.91 Å². The third-order valence-electron chi connectivity index (χ3n) is 6.58. The summed E-state index contributed by atoms with van der Waals surface area (Å²) >= 11 is 0. The van der Waals surface area contributed by atoms with Crippen LogP contribution in [0.2, 0.25) is 0 Å². The number of ether oxygens (including phenoxy) is 2. The fraction of sp³-hybridized carbons (Fsp3) is 0.250. The smallest absolute Gasteiger partial charge is 0.331 e. The van der Waals surface area contributed by atoms with E-state index in [2.05, 4.69) is 5.10 Å². The highest BCUT2D eigenvalue weighted by atomic mass is 19.1. The molecule has 11 heteroatoms. The molecule has 1 amide bonds. The van der Waals surface area contributed by atoms with E-state index >= 15 is 0 Å². The zero-order valence-corrected chi connectivity index (χ0v) is 20.9. The average molecular weight is 540 g/mol. The van der Waals surface area contributed by atoms with Crippen molar-refractivity contribution in [1.82, 2.24) is 14.7 Å². The van der Waals surface area contributed by atoms with Gasteiger partial charge in [-0.15, -0.1) is 0 Å². The summed E-state index contributed by atoms with van der Waals surface area (Å²) in [5.74, 6) is -2.31. The first kappa shape index (κ1) is 26.1. The molecule has 202 valence electrons. The van der Waals surface area contributed by atoms with Crippen molar-refractivity contribution in [2.45, 2.75) is 25.7 Å². The second-order valence-electron chi connectivity index (χ2n) is 9.13. The second kappa shape index (κ2) is 10.7. The van der Waals surface area contributed by atoms with Crippen LogP contribution in [0.3, 0.4) is 0 Å². The number of fused-ring (bicyclic) bond motifs is 3. The summed E-state index contributed by atoms with van der Waals surface area (Å²) in [5, 5.41) is 13.5. The highest BCUT2D eigenvalue weighted by Gasteiger charge is 2.31. The Kier molecular flexibility index (Phi) is 7.14. The van der Waals surface area contributed by atoms with E-state index in [0.29, 0.717) is 22.6 Å². The Morgan fingerprint density at radius 3 is 2.74 bits per heavy atom. The molecule has 0 spiro atoms. The van der Waals surface area contributed by atoms with Crippen molar-refractivity contribution in [2.24, 2.45) is 7.05 Å². The molecule has 1 aromatic heterocycles. The third-order valence-corrected chi connectivity index (χ3v) is 6.58. The number of amides is 1. The summed E-state index contributed by atoms with van der Waals surface area (Å²) in [7, 11) is 1.63. The molecule has 1 unspecified atom stereocenters. The number of carboxylic acid groups (broad SMARTS) is 1. The molecule has 2 aliphatic rings. The van der Waals surface area contributed by atoms with Crippen molar-refractivity contribution in [3.8, 4) is 17.0 Å². The van der Waals surface area contributed by atoms with Crippen LogP contribution >= 0.6 is 0 Å². The normalized spacial score (nSPS) is 15.8. The van der Waals surface area contributed by atoms with Gasteiger partial charge in [0.15, 0.2) is 11.9 Å². The Morgan fingerprint density at radius 2 is 2.00 bits per heavy atom. The number of aryl methyl sites for hydroxylation is 1. The zero-order valence-electron chi connectivity index (χ0n) is 20.9. The van der Waals surface area contributed by atoms with Crippen LogP contribution in [0.15, 0.2) is 65.9 Å². The van der Waals surface area contributed by atoms with E-state index in [4.69, 9.17) is 14.6 Å². The summed E-state index contributed by atoms with van der Waals surface area (Å²) in [6.07, 6.45) is 0.555.